The van der Waals surface area contributed by atoms with Crippen LogP contribution in [0.4, 0.5) is 8.78 Å². The van der Waals surface area contributed by atoms with Crippen molar-refractivity contribution in [1.29, 1.82) is 0 Å². The summed E-state index contributed by atoms with van der Waals surface area (Å²) in [7, 11) is 0. The summed E-state index contributed by atoms with van der Waals surface area (Å²) in [5, 5.41) is 0.442. The van der Waals surface area contributed by atoms with Gasteiger partial charge in [0.2, 0.25) is 0 Å². The van der Waals surface area contributed by atoms with Gasteiger partial charge in [-0.25, -0.2) is 9.97 Å². The van der Waals surface area contributed by atoms with Crippen molar-refractivity contribution in [2.75, 3.05) is 0 Å². The lowest BCUT2D eigenvalue weighted by Gasteiger charge is -2.11. The van der Waals surface area contributed by atoms with Gasteiger partial charge < -0.3 is 4.74 Å². The second-order valence-corrected chi connectivity index (χ2v) is 4.95. The van der Waals surface area contributed by atoms with E-state index in [1.807, 2.05) is 6.92 Å². The van der Waals surface area contributed by atoms with Crippen LogP contribution in [0.2, 0.25) is 10.3 Å². The van der Waals surface area contributed by atoms with Crippen LogP contribution in [0, 0.1) is 0 Å². The minimum atomic E-state index is -2.93. The number of para-hydroxylation sites is 1. The van der Waals surface area contributed by atoms with Crippen molar-refractivity contribution in [3.05, 3.63) is 40.1 Å². The molecule has 0 atom stereocenters. The molecule has 2 rings (SSSR count). The maximum Gasteiger partial charge on any atom is 0.387 e. The molecule has 0 aliphatic heterocycles. The molecule has 1 aromatic carbocycles. The number of halogens is 4. The Labute approximate surface area is 130 Å². The van der Waals surface area contributed by atoms with Gasteiger partial charge in [-0.15, -0.1) is 0 Å². The van der Waals surface area contributed by atoms with Gasteiger partial charge in [0.25, 0.3) is 0 Å². The lowest BCUT2D eigenvalue weighted by atomic mass is 10.1. The largest absolute Gasteiger partial charge is 0.434 e. The standard InChI is InChI=1S/C14H12Cl2F2N2O/c1-2-5-9-11(15)19-13(20-12(9)16)8-6-3-4-7-10(8)21-14(17)18/h3-4,6-7,14H,2,5H2,1H3. The molecule has 0 aliphatic carbocycles. The Morgan fingerprint density at radius 3 is 2.33 bits per heavy atom. The molecule has 21 heavy (non-hydrogen) atoms. The molecule has 0 aliphatic rings. The van der Waals surface area contributed by atoms with Crippen LogP contribution in [-0.4, -0.2) is 16.6 Å². The van der Waals surface area contributed by atoms with Crippen LogP contribution >= 0.6 is 23.2 Å². The zero-order chi connectivity index (χ0) is 15.4. The molecular weight excluding hydrogens is 321 g/mol. The van der Waals surface area contributed by atoms with Crippen LogP contribution in [0.5, 0.6) is 5.75 Å². The van der Waals surface area contributed by atoms with E-state index < -0.39 is 6.61 Å². The van der Waals surface area contributed by atoms with Gasteiger partial charge in [-0.05, 0) is 18.6 Å². The normalized spacial score (nSPS) is 11.0. The van der Waals surface area contributed by atoms with E-state index in [-0.39, 0.29) is 21.9 Å². The van der Waals surface area contributed by atoms with Gasteiger partial charge in [-0.1, -0.05) is 48.7 Å². The number of ether oxygens (including phenoxy) is 1. The fourth-order valence-electron chi connectivity index (χ4n) is 1.86. The van der Waals surface area contributed by atoms with Crippen molar-refractivity contribution in [1.82, 2.24) is 9.97 Å². The van der Waals surface area contributed by atoms with Crippen LogP contribution < -0.4 is 4.74 Å². The smallest absolute Gasteiger partial charge is 0.387 e. The van der Waals surface area contributed by atoms with Crippen LogP contribution in [-0.2, 0) is 6.42 Å². The molecule has 112 valence electrons. The molecule has 0 fully saturated rings. The maximum absolute atomic E-state index is 12.4. The van der Waals surface area contributed by atoms with Crippen LogP contribution in [0.3, 0.4) is 0 Å². The van der Waals surface area contributed by atoms with Gasteiger partial charge in [-0.2, -0.15) is 8.78 Å². The molecule has 2 aromatic rings. The second-order valence-electron chi connectivity index (χ2n) is 4.23. The molecule has 1 aromatic heterocycles. The van der Waals surface area contributed by atoms with Gasteiger partial charge >= 0.3 is 6.61 Å². The average molecular weight is 333 g/mol. The third-order valence-corrected chi connectivity index (χ3v) is 3.38. The number of rotatable bonds is 5. The van der Waals surface area contributed by atoms with Crippen LogP contribution in [0.1, 0.15) is 18.9 Å². The quantitative estimate of drug-likeness (QED) is 0.722. The number of alkyl halides is 2. The molecule has 1 heterocycles. The summed E-state index contributed by atoms with van der Waals surface area (Å²) in [5.41, 5.74) is 0.960. The highest BCUT2D eigenvalue weighted by atomic mass is 35.5. The predicted octanol–water partition coefficient (Wildman–Crippen LogP) is 5.00. The Balaban J connectivity index is 2.48. The van der Waals surface area contributed by atoms with Crippen molar-refractivity contribution in [3.8, 4) is 17.1 Å². The van der Waals surface area contributed by atoms with E-state index in [2.05, 4.69) is 14.7 Å². The highest BCUT2D eigenvalue weighted by Gasteiger charge is 2.16. The van der Waals surface area contributed by atoms with E-state index in [1.54, 1.807) is 18.2 Å². The molecule has 0 spiro atoms. The highest BCUT2D eigenvalue weighted by molar-refractivity contribution is 6.34. The molecule has 0 radical (unpaired) electrons. The van der Waals surface area contributed by atoms with Gasteiger partial charge in [0, 0.05) is 5.56 Å². The van der Waals surface area contributed by atoms with Gasteiger partial charge in [0.05, 0.1) is 5.56 Å². The van der Waals surface area contributed by atoms with E-state index in [0.29, 0.717) is 17.5 Å². The third-order valence-electron chi connectivity index (χ3n) is 2.75. The summed E-state index contributed by atoms with van der Waals surface area (Å²) in [5.74, 6) is 0.129. The summed E-state index contributed by atoms with van der Waals surface area (Å²) < 4.78 is 29.3. The number of nitrogens with zero attached hydrogens (tertiary/aromatic N) is 2. The van der Waals surface area contributed by atoms with Crippen LogP contribution in [0.15, 0.2) is 24.3 Å². The first-order valence-corrected chi connectivity index (χ1v) is 7.04. The molecule has 7 heteroatoms. The Hall–Kier alpha value is -1.46. The van der Waals surface area contributed by atoms with E-state index in [0.717, 1.165) is 6.42 Å². The SMILES string of the molecule is CCCc1c(Cl)nc(-c2ccccc2OC(F)F)nc1Cl. The molecule has 0 bridgehead atoms. The highest BCUT2D eigenvalue weighted by Crippen LogP contribution is 2.32. The van der Waals surface area contributed by atoms with Crippen molar-refractivity contribution in [2.45, 2.75) is 26.4 Å². The molecule has 0 unspecified atom stereocenters. The molecular formula is C14H12Cl2F2N2O. The lowest BCUT2D eigenvalue weighted by molar-refractivity contribution is -0.0494. The molecule has 0 saturated heterocycles. The van der Waals surface area contributed by atoms with Crippen molar-refractivity contribution in [3.63, 3.8) is 0 Å². The van der Waals surface area contributed by atoms with E-state index in [4.69, 9.17) is 23.2 Å². The molecule has 0 N–H and O–H groups in total. The Morgan fingerprint density at radius 2 is 1.76 bits per heavy atom. The second kappa shape index (κ2) is 7.00. The zero-order valence-corrected chi connectivity index (χ0v) is 12.6. The molecule has 0 amide bonds. The number of benzene rings is 1. The molecule has 3 nitrogen and oxygen atoms in total. The van der Waals surface area contributed by atoms with Gasteiger partial charge in [0.1, 0.15) is 16.1 Å². The van der Waals surface area contributed by atoms with E-state index in [9.17, 15) is 8.78 Å². The van der Waals surface area contributed by atoms with Crippen molar-refractivity contribution >= 4 is 23.2 Å². The minimum absolute atomic E-state index is 0.0251. The van der Waals surface area contributed by atoms with E-state index in [1.165, 1.54) is 6.07 Å². The Bertz CT molecular complexity index is 615. The first-order valence-electron chi connectivity index (χ1n) is 6.29. The Kier molecular flexibility index (Phi) is 5.31. The summed E-state index contributed by atoms with van der Waals surface area (Å²) in [6.45, 7) is -0.955. The van der Waals surface area contributed by atoms with E-state index >= 15 is 0 Å². The summed E-state index contributed by atoms with van der Waals surface area (Å²) in [4.78, 5) is 8.27. The maximum atomic E-state index is 12.4. The fourth-order valence-corrected chi connectivity index (χ4v) is 2.43. The van der Waals surface area contributed by atoms with Crippen molar-refractivity contribution in [2.24, 2.45) is 0 Å². The van der Waals surface area contributed by atoms with Crippen molar-refractivity contribution < 1.29 is 13.5 Å². The zero-order valence-electron chi connectivity index (χ0n) is 11.1. The van der Waals surface area contributed by atoms with Gasteiger partial charge in [0.15, 0.2) is 5.82 Å². The monoisotopic (exact) mass is 332 g/mol. The first kappa shape index (κ1) is 15.9. The average Bonchev–Trinajstić information content (AvgIpc) is 2.42. The fraction of sp³-hybridized carbons (Fsp3) is 0.286. The lowest BCUT2D eigenvalue weighted by Crippen LogP contribution is -2.04. The predicted molar refractivity (Wildman–Crippen MR) is 78.1 cm³/mol. The van der Waals surface area contributed by atoms with Crippen LogP contribution in [0.25, 0.3) is 11.4 Å². The minimum Gasteiger partial charge on any atom is -0.434 e. The van der Waals surface area contributed by atoms with Gasteiger partial charge in [-0.3, -0.25) is 0 Å². The number of aromatic nitrogens is 2. The first-order chi connectivity index (χ1) is 10.0. The summed E-state index contributed by atoms with van der Waals surface area (Å²) in [6, 6.07) is 6.22. The Morgan fingerprint density at radius 1 is 1.14 bits per heavy atom. The molecule has 0 saturated carbocycles. The number of hydrogen-bond acceptors (Lipinski definition) is 3. The number of hydrogen-bond donors (Lipinski definition) is 0. The third kappa shape index (κ3) is 3.80. The summed E-state index contributed by atoms with van der Waals surface area (Å²) in [6.07, 6.45) is 1.49. The summed E-state index contributed by atoms with van der Waals surface area (Å²) >= 11 is 12.2. The topological polar surface area (TPSA) is 35.0 Å².